The van der Waals surface area contributed by atoms with Gasteiger partial charge in [0, 0.05) is 18.0 Å². The molecule has 182 valence electrons. The average Bonchev–Trinajstić information content (AvgIpc) is 2.86. The summed E-state index contributed by atoms with van der Waals surface area (Å²) in [6.45, 7) is 5.41. The first kappa shape index (κ1) is 25.7. The molecule has 3 heteroatoms. The second-order valence-electron chi connectivity index (χ2n) is 10.2. The fraction of sp³-hybridized carbons (Fsp3) is 0.667. The van der Waals surface area contributed by atoms with E-state index in [-0.39, 0.29) is 0 Å². The average molecular weight is 451 g/mol. The Morgan fingerprint density at radius 3 is 2.03 bits per heavy atom. The van der Waals surface area contributed by atoms with Crippen molar-refractivity contribution in [1.29, 1.82) is 0 Å². The maximum Gasteiger partial charge on any atom is 0.159 e. The lowest BCUT2D eigenvalue weighted by molar-refractivity contribution is 0.177. The number of benzene rings is 1. The van der Waals surface area contributed by atoms with E-state index < -0.39 is 0 Å². The van der Waals surface area contributed by atoms with Crippen LogP contribution in [0.25, 0.3) is 11.4 Å². The van der Waals surface area contributed by atoms with Gasteiger partial charge >= 0.3 is 0 Å². The van der Waals surface area contributed by atoms with Crippen LogP contribution in [0, 0.1) is 11.8 Å². The van der Waals surface area contributed by atoms with Crippen LogP contribution in [0.15, 0.2) is 36.7 Å². The summed E-state index contributed by atoms with van der Waals surface area (Å²) in [5, 5.41) is 0. The Morgan fingerprint density at radius 1 is 0.727 bits per heavy atom. The summed E-state index contributed by atoms with van der Waals surface area (Å²) < 4.78 is 6.13. The van der Waals surface area contributed by atoms with Crippen molar-refractivity contribution in [1.82, 2.24) is 9.97 Å². The lowest BCUT2D eigenvalue weighted by atomic mass is 9.80. The van der Waals surface area contributed by atoms with Gasteiger partial charge in [-0.3, -0.25) is 0 Å². The Hall–Kier alpha value is -1.90. The van der Waals surface area contributed by atoms with Crippen LogP contribution >= 0.6 is 0 Å². The highest BCUT2D eigenvalue weighted by Gasteiger charge is 2.21. The molecule has 3 nitrogen and oxygen atoms in total. The molecule has 0 aliphatic heterocycles. The van der Waals surface area contributed by atoms with E-state index in [2.05, 4.69) is 48.1 Å². The first-order valence-electron chi connectivity index (χ1n) is 13.8. The van der Waals surface area contributed by atoms with Gasteiger partial charge < -0.3 is 4.74 Å². The van der Waals surface area contributed by atoms with Crippen LogP contribution in [0.5, 0.6) is 5.75 Å². The predicted molar refractivity (Wildman–Crippen MR) is 140 cm³/mol. The molecule has 0 unspecified atom stereocenters. The molecule has 0 bridgehead atoms. The molecule has 0 spiro atoms. The number of hydrogen-bond acceptors (Lipinski definition) is 3. The number of rotatable bonds is 15. The van der Waals surface area contributed by atoms with Crippen LogP contribution in [0.4, 0.5) is 0 Å². The van der Waals surface area contributed by atoms with Crippen molar-refractivity contribution in [3.8, 4) is 17.1 Å². The zero-order valence-electron chi connectivity index (χ0n) is 21.2. The van der Waals surface area contributed by atoms with E-state index in [1.54, 1.807) is 0 Å². The molecule has 0 saturated heterocycles. The van der Waals surface area contributed by atoms with Crippen LogP contribution in [-0.2, 0) is 6.42 Å². The van der Waals surface area contributed by atoms with Crippen LogP contribution in [0.3, 0.4) is 0 Å². The number of aromatic nitrogens is 2. The smallest absolute Gasteiger partial charge is 0.159 e. The molecule has 1 aliphatic carbocycles. The van der Waals surface area contributed by atoms with E-state index in [9.17, 15) is 0 Å². The van der Waals surface area contributed by atoms with E-state index in [0.29, 0.717) is 0 Å². The summed E-state index contributed by atoms with van der Waals surface area (Å²) in [7, 11) is 0. The molecule has 0 atom stereocenters. The molecule has 0 radical (unpaired) electrons. The van der Waals surface area contributed by atoms with E-state index in [0.717, 1.165) is 42.0 Å². The lowest BCUT2D eigenvalue weighted by Crippen LogP contribution is -2.20. The molecular formula is C30H46N2O. The zero-order chi connectivity index (χ0) is 23.1. The third-order valence-corrected chi connectivity index (χ3v) is 7.30. The second-order valence-corrected chi connectivity index (χ2v) is 10.2. The summed E-state index contributed by atoms with van der Waals surface area (Å²) in [5.74, 6) is 3.44. The Bertz CT molecular complexity index is 748. The Balaban J connectivity index is 1.36. The molecule has 1 heterocycles. The Morgan fingerprint density at radius 2 is 1.33 bits per heavy atom. The van der Waals surface area contributed by atoms with Gasteiger partial charge in [-0.2, -0.15) is 0 Å². The first-order chi connectivity index (χ1) is 16.3. The number of ether oxygens (including phenoxy) is 1. The van der Waals surface area contributed by atoms with Gasteiger partial charge in [-0.25, -0.2) is 9.97 Å². The van der Waals surface area contributed by atoms with Crippen LogP contribution < -0.4 is 4.74 Å². The fourth-order valence-electron chi connectivity index (χ4n) is 5.03. The van der Waals surface area contributed by atoms with Crippen molar-refractivity contribution in [2.45, 2.75) is 110 Å². The van der Waals surface area contributed by atoms with Crippen LogP contribution in [-0.4, -0.2) is 16.6 Å². The minimum Gasteiger partial charge on any atom is -0.493 e. The standard InChI is InChI=1S/C30H46N2O/c1-3-5-7-8-9-11-13-27-22-31-30(32-23-27)28-18-20-29(21-19-28)33-24-26-16-14-25(15-17-26)12-10-6-4-2/h18-23,25-26H,3-17,24H2,1-2H3/t25-,26-. The topological polar surface area (TPSA) is 35.0 Å². The molecule has 33 heavy (non-hydrogen) atoms. The number of nitrogens with zero attached hydrogens (tertiary/aromatic N) is 2. The summed E-state index contributed by atoms with van der Waals surface area (Å²) in [6.07, 6.45) is 24.0. The van der Waals surface area contributed by atoms with Crippen molar-refractivity contribution >= 4 is 0 Å². The zero-order valence-corrected chi connectivity index (χ0v) is 21.2. The second kappa shape index (κ2) is 15.1. The molecule has 0 amide bonds. The number of unbranched alkanes of at least 4 members (excludes halogenated alkanes) is 7. The van der Waals surface area contributed by atoms with Crippen LogP contribution in [0.1, 0.15) is 109 Å². The highest BCUT2D eigenvalue weighted by Crippen LogP contribution is 2.32. The van der Waals surface area contributed by atoms with Crippen molar-refractivity contribution in [3.05, 3.63) is 42.2 Å². The predicted octanol–water partition coefficient (Wildman–Crippen LogP) is 8.81. The largest absolute Gasteiger partial charge is 0.493 e. The summed E-state index contributed by atoms with van der Waals surface area (Å²) in [5.41, 5.74) is 2.30. The quantitative estimate of drug-likeness (QED) is 0.254. The van der Waals surface area contributed by atoms with Gasteiger partial charge in [-0.1, -0.05) is 84.5 Å². The molecular weight excluding hydrogens is 404 g/mol. The normalized spacial score (nSPS) is 18.4. The van der Waals surface area contributed by atoms with E-state index in [4.69, 9.17) is 4.74 Å². The third-order valence-electron chi connectivity index (χ3n) is 7.30. The van der Waals surface area contributed by atoms with Gasteiger partial charge in [0.05, 0.1) is 6.61 Å². The highest BCUT2D eigenvalue weighted by atomic mass is 16.5. The van der Waals surface area contributed by atoms with E-state index >= 15 is 0 Å². The fourth-order valence-corrected chi connectivity index (χ4v) is 5.03. The minimum absolute atomic E-state index is 0.717. The molecule has 1 aliphatic rings. The highest BCUT2D eigenvalue weighted by molar-refractivity contribution is 5.55. The summed E-state index contributed by atoms with van der Waals surface area (Å²) in [4.78, 5) is 9.22. The van der Waals surface area contributed by atoms with Crippen molar-refractivity contribution < 1.29 is 4.74 Å². The minimum atomic E-state index is 0.717. The summed E-state index contributed by atoms with van der Waals surface area (Å²) >= 11 is 0. The van der Waals surface area contributed by atoms with Gasteiger partial charge in [-0.15, -0.1) is 0 Å². The lowest BCUT2D eigenvalue weighted by Gasteiger charge is -2.28. The molecule has 3 rings (SSSR count). The van der Waals surface area contributed by atoms with Crippen molar-refractivity contribution in [2.75, 3.05) is 6.61 Å². The van der Waals surface area contributed by atoms with Crippen molar-refractivity contribution in [2.24, 2.45) is 11.8 Å². The van der Waals surface area contributed by atoms with Gasteiger partial charge in [0.2, 0.25) is 0 Å². The molecule has 1 aromatic carbocycles. The Labute approximate surface area is 202 Å². The molecule has 1 aromatic heterocycles. The van der Waals surface area contributed by atoms with Crippen LogP contribution in [0.2, 0.25) is 0 Å². The van der Waals surface area contributed by atoms with E-state index in [1.165, 1.54) is 95.5 Å². The maximum atomic E-state index is 6.13. The molecule has 1 saturated carbocycles. The van der Waals surface area contributed by atoms with Gasteiger partial charge in [0.15, 0.2) is 5.82 Å². The molecule has 2 aromatic rings. The van der Waals surface area contributed by atoms with Gasteiger partial charge in [0.25, 0.3) is 0 Å². The molecule has 1 fully saturated rings. The number of hydrogen-bond donors (Lipinski definition) is 0. The van der Waals surface area contributed by atoms with E-state index in [1.807, 2.05) is 12.4 Å². The first-order valence-corrected chi connectivity index (χ1v) is 13.8. The molecule has 0 N–H and O–H groups in total. The Kier molecular flexibility index (Phi) is 11.8. The number of aryl methyl sites for hydroxylation is 1. The van der Waals surface area contributed by atoms with Crippen molar-refractivity contribution in [3.63, 3.8) is 0 Å². The van der Waals surface area contributed by atoms with Gasteiger partial charge in [-0.05, 0) is 67.3 Å². The maximum absolute atomic E-state index is 6.13. The van der Waals surface area contributed by atoms with Gasteiger partial charge in [0.1, 0.15) is 5.75 Å². The summed E-state index contributed by atoms with van der Waals surface area (Å²) in [6, 6.07) is 8.31. The third kappa shape index (κ3) is 9.47. The SMILES string of the molecule is CCCCCCCCc1cnc(-c2ccc(OC[C@H]3CC[C@H](CCCCC)CC3)cc2)nc1. The monoisotopic (exact) mass is 450 g/mol.